The van der Waals surface area contributed by atoms with Gasteiger partial charge in [-0.05, 0) is 42.3 Å². The molecule has 1 amide bonds. The van der Waals surface area contributed by atoms with Crippen molar-refractivity contribution in [1.29, 1.82) is 0 Å². The topological polar surface area (TPSA) is 104 Å². The maximum Gasteiger partial charge on any atom is 0.339 e. The van der Waals surface area contributed by atoms with Gasteiger partial charge < -0.3 is 33.7 Å². The summed E-state index contributed by atoms with van der Waals surface area (Å²) in [5, 5.41) is 9.53. The zero-order valence-electron chi connectivity index (χ0n) is 21.5. The second kappa shape index (κ2) is 12.5. The number of hydrogen-bond donors (Lipinski definition) is 1. The van der Waals surface area contributed by atoms with Crippen molar-refractivity contribution >= 4 is 11.9 Å². The van der Waals surface area contributed by atoms with Crippen molar-refractivity contribution in [2.24, 2.45) is 0 Å². The largest absolute Gasteiger partial charge is 0.497 e. The number of aromatic carboxylic acids is 1. The van der Waals surface area contributed by atoms with Gasteiger partial charge in [-0.3, -0.25) is 4.79 Å². The van der Waals surface area contributed by atoms with Crippen molar-refractivity contribution in [3.8, 4) is 28.7 Å². The van der Waals surface area contributed by atoms with Gasteiger partial charge in [0.05, 0.1) is 34.5 Å². The van der Waals surface area contributed by atoms with Gasteiger partial charge in [0, 0.05) is 12.6 Å². The fourth-order valence-corrected chi connectivity index (χ4v) is 3.92. The molecule has 3 rings (SSSR count). The summed E-state index contributed by atoms with van der Waals surface area (Å²) in [6.45, 7) is 1.74. The molecule has 0 bridgehead atoms. The van der Waals surface area contributed by atoms with Crippen LogP contribution >= 0.6 is 0 Å². The molecule has 0 unspecified atom stereocenters. The van der Waals surface area contributed by atoms with Crippen molar-refractivity contribution in [1.82, 2.24) is 4.90 Å². The fraction of sp³-hybridized carbons (Fsp3) is 0.286. The molecule has 0 aliphatic rings. The summed E-state index contributed by atoms with van der Waals surface area (Å²) in [4.78, 5) is 26.8. The molecule has 0 heterocycles. The van der Waals surface area contributed by atoms with Gasteiger partial charge in [-0.25, -0.2) is 4.79 Å². The van der Waals surface area contributed by atoms with Crippen molar-refractivity contribution in [2.45, 2.75) is 19.5 Å². The Balaban J connectivity index is 1.94. The quantitative estimate of drug-likeness (QED) is 0.378. The van der Waals surface area contributed by atoms with Gasteiger partial charge in [0.25, 0.3) is 5.91 Å². The highest BCUT2D eigenvalue weighted by Crippen LogP contribution is 2.39. The van der Waals surface area contributed by atoms with E-state index < -0.39 is 5.97 Å². The Hall–Kier alpha value is -4.40. The molecule has 196 valence electrons. The van der Waals surface area contributed by atoms with Gasteiger partial charge in [0.2, 0.25) is 5.75 Å². The molecule has 9 heteroatoms. The van der Waals surface area contributed by atoms with Gasteiger partial charge in [-0.1, -0.05) is 30.3 Å². The fourth-order valence-electron chi connectivity index (χ4n) is 3.92. The predicted octanol–water partition coefficient (Wildman–Crippen LogP) is 4.59. The number of carboxylic acid groups (broad SMARTS) is 1. The van der Waals surface area contributed by atoms with E-state index in [1.54, 1.807) is 17.0 Å². The molecular weight excluding hydrogens is 478 g/mol. The minimum atomic E-state index is -1.17. The first-order valence-corrected chi connectivity index (χ1v) is 11.5. The standard InChI is InChI=1S/C28H31NO8/c1-18(20-9-7-6-8-10-20)29(16-19-13-24(34-3)27(36-5)25(14-19)35-4)26(30)17-37-23-15-21(33-2)11-12-22(23)28(31)32/h6-15,18H,16-17H2,1-5H3,(H,31,32)/t18-/m0/s1. The zero-order chi connectivity index (χ0) is 26.9. The van der Waals surface area contributed by atoms with Gasteiger partial charge in [0.1, 0.15) is 17.1 Å². The molecule has 1 N–H and O–H groups in total. The van der Waals surface area contributed by atoms with Crippen LogP contribution in [-0.2, 0) is 11.3 Å². The van der Waals surface area contributed by atoms with Gasteiger partial charge in [0.15, 0.2) is 18.1 Å². The van der Waals surface area contributed by atoms with Crippen molar-refractivity contribution in [3.63, 3.8) is 0 Å². The lowest BCUT2D eigenvalue weighted by Crippen LogP contribution is -2.36. The molecule has 0 saturated carbocycles. The van der Waals surface area contributed by atoms with Crippen LogP contribution in [0.1, 0.15) is 34.5 Å². The van der Waals surface area contributed by atoms with Gasteiger partial charge in [-0.15, -0.1) is 0 Å². The molecule has 9 nitrogen and oxygen atoms in total. The van der Waals surface area contributed by atoms with E-state index in [2.05, 4.69) is 0 Å². The third-order valence-corrected chi connectivity index (χ3v) is 5.92. The normalized spacial score (nSPS) is 11.3. The minimum absolute atomic E-state index is 0.0419. The van der Waals surface area contributed by atoms with E-state index >= 15 is 0 Å². The number of benzene rings is 3. The average Bonchev–Trinajstić information content (AvgIpc) is 2.93. The maximum atomic E-state index is 13.5. The molecular formula is C28H31NO8. The molecule has 0 spiro atoms. The number of ether oxygens (including phenoxy) is 5. The van der Waals surface area contributed by atoms with Crippen LogP contribution in [0.15, 0.2) is 60.7 Å². The van der Waals surface area contributed by atoms with Crippen LogP contribution in [0, 0.1) is 0 Å². The smallest absolute Gasteiger partial charge is 0.339 e. The first-order valence-electron chi connectivity index (χ1n) is 11.5. The molecule has 0 saturated heterocycles. The van der Waals surface area contributed by atoms with E-state index in [0.717, 1.165) is 11.1 Å². The monoisotopic (exact) mass is 509 g/mol. The molecule has 3 aromatic carbocycles. The zero-order valence-corrected chi connectivity index (χ0v) is 21.5. The molecule has 0 fully saturated rings. The maximum absolute atomic E-state index is 13.5. The highest BCUT2D eigenvalue weighted by Gasteiger charge is 2.25. The van der Waals surface area contributed by atoms with Crippen molar-refractivity contribution in [3.05, 3.63) is 77.4 Å². The van der Waals surface area contributed by atoms with Crippen LogP contribution in [-0.4, -0.2) is 56.9 Å². The van der Waals surface area contributed by atoms with E-state index in [-0.39, 0.29) is 36.4 Å². The van der Waals surface area contributed by atoms with Gasteiger partial charge >= 0.3 is 5.97 Å². The Morgan fingerprint density at radius 2 is 1.49 bits per heavy atom. The van der Waals surface area contributed by atoms with Crippen molar-refractivity contribution < 1.29 is 38.4 Å². The lowest BCUT2D eigenvalue weighted by Gasteiger charge is -2.30. The number of nitrogens with zero attached hydrogens (tertiary/aromatic N) is 1. The first-order chi connectivity index (χ1) is 17.8. The SMILES string of the molecule is COc1ccc(C(=O)O)c(OCC(=O)N(Cc2cc(OC)c(OC)c(OC)c2)[C@@H](C)c2ccccc2)c1. The van der Waals surface area contributed by atoms with Crippen LogP contribution in [0.3, 0.4) is 0 Å². The Bertz CT molecular complexity index is 1200. The van der Waals surface area contributed by atoms with Crippen LogP contribution in [0.2, 0.25) is 0 Å². The Labute approximate surface area is 216 Å². The van der Waals surface area contributed by atoms with Gasteiger partial charge in [-0.2, -0.15) is 0 Å². The Morgan fingerprint density at radius 3 is 2.03 bits per heavy atom. The number of carbonyl (C=O) groups excluding carboxylic acids is 1. The highest BCUT2D eigenvalue weighted by molar-refractivity contribution is 5.91. The summed E-state index contributed by atoms with van der Waals surface area (Å²) in [5.41, 5.74) is 1.61. The first kappa shape index (κ1) is 27.2. The van der Waals surface area contributed by atoms with E-state index in [9.17, 15) is 14.7 Å². The van der Waals surface area contributed by atoms with Crippen molar-refractivity contribution in [2.75, 3.05) is 35.0 Å². The molecule has 3 aromatic rings. The van der Waals surface area contributed by atoms with E-state index in [4.69, 9.17) is 23.7 Å². The second-order valence-electron chi connectivity index (χ2n) is 8.10. The van der Waals surface area contributed by atoms with Crippen LogP contribution < -0.4 is 23.7 Å². The summed E-state index contributed by atoms with van der Waals surface area (Å²) in [5.74, 6) is 0.331. The summed E-state index contributed by atoms with van der Waals surface area (Å²) < 4.78 is 27.2. The van der Waals surface area contributed by atoms with E-state index in [0.29, 0.717) is 23.0 Å². The number of hydrogen-bond acceptors (Lipinski definition) is 7. The molecule has 0 radical (unpaired) electrons. The third kappa shape index (κ3) is 6.43. The number of amides is 1. The number of rotatable bonds is 12. The molecule has 37 heavy (non-hydrogen) atoms. The number of methoxy groups -OCH3 is 4. The molecule has 1 atom stereocenters. The van der Waals surface area contributed by atoms with Crippen LogP contribution in [0.4, 0.5) is 0 Å². The lowest BCUT2D eigenvalue weighted by molar-refractivity contribution is -0.136. The Morgan fingerprint density at radius 1 is 0.838 bits per heavy atom. The number of carbonyl (C=O) groups is 2. The minimum Gasteiger partial charge on any atom is -0.497 e. The molecule has 0 aliphatic carbocycles. The molecule has 0 aromatic heterocycles. The highest BCUT2D eigenvalue weighted by atomic mass is 16.5. The Kier molecular flexibility index (Phi) is 9.21. The summed E-state index contributed by atoms with van der Waals surface area (Å²) in [6.07, 6.45) is 0. The van der Waals surface area contributed by atoms with E-state index in [1.165, 1.54) is 46.6 Å². The number of carboxylic acids is 1. The second-order valence-corrected chi connectivity index (χ2v) is 8.10. The van der Waals surface area contributed by atoms with Crippen LogP contribution in [0.25, 0.3) is 0 Å². The molecule has 0 aliphatic heterocycles. The van der Waals surface area contributed by atoms with E-state index in [1.807, 2.05) is 37.3 Å². The summed E-state index contributed by atoms with van der Waals surface area (Å²) in [6, 6.07) is 17.2. The third-order valence-electron chi connectivity index (χ3n) is 5.92. The lowest BCUT2D eigenvalue weighted by atomic mass is 10.1. The summed E-state index contributed by atoms with van der Waals surface area (Å²) in [7, 11) is 6.04. The van der Waals surface area contributed by atoms with Crippen LogP contribution in [0.5, 0.6) is 28.7 Å². The predicted molar refractivity (Wildman–Crippen MR) is 137 cm³/mol. The summed E-state index contributed by atoms with van der Waals surface area (Å²) >= 11 is 0. The average molecular weight is 510 g/mol.